The number of halogens is 2. The molecule has 3 nitrogen and oxygen atoms in total. The monoisotopic (exact) mass is 299 g/mol. The van der Waals surface area contributed by atoms with Crippen LogP contribution >= 0.6 is 11.6 Å². The Bertz CT molecular complexity index is 1090. The second-order valence-electron chi connectivity index (χ2n) is 4.75. The third-order valence-electron chi connectivity index (χ3n) is 3.40. The van der Waals surface area contributed by atoms with Gasteiger partial charge in [-0.3, -0.25) is 0 Å². The molecule has 0 aliphatic rings. The predicted octanol–water partition coefficient (Wildman–Crippen LogP) is 4.29. The Balaban J connectivity index is 2.28. The van der Waals surface area contributed by atoms with Crippen LogP contribution in [-0.4, -0.2) is 4.98 Å². The summed E-state index contributed by atoms with van der Waals surface area (Å²) in [7, 11) is 0. The van der Waals surface area contributed by atoms with Crippen molar-refractivity contribution in [1.82, 2.24) is 4.98 Å². The summed E-state index contributed by atoms with van der Waals surface area (Å²) in [6.45, 7) is 0. The number of pyridine rings is 1. The SMILES string of the molecule is O=c1oc2ccc(F)cc2c2nc3ccc(Cl)cc3cc12. The molecular formula is C16H7ClFNO2. The van der Waals surface area contributed by atoms with Crippen LogP contribution in [0.5, 0.6) is 0 Å². The molecule has 0 saturated carbocycles. The Morgan fingerprint density at radius 3 is 2.76 bits per heavy atom. The summed E-state index contributed by atoms with van der Waals surface area (Å²) in [5, 5.41) is 2.07. The predicted molar refractivity (Wildman–Crippen MR) is 80.3 cm³/mol. The van der Waals surface area contributed by atoms with Gasteiger partial charge in [-0.25, -0.2) is 14.2 Å². The van der Waals surface area contributed by atoms with E-state index in [0.717, 1.165) is 5.39 Å². The van der Waals surface area contributed by atoms with Crippen molar-refractivity contribution in [1.29, 1.82) is 0 Å². The Labute approximate surface area is 122 Å². The first-order valence-electron chi connectivity index (χ1n) is 6.24. The number of hydrogen-bond acceptors (Lipinski definition) is 3. The zero-order valence-corrected chi connectivity index (χ0v) is 11.3. The highest BCUT2D eigenvalue weighted by Crippen LogP contribution is 2.26. The molecule has 0 unspecified atom stereocenters. The summed E-state index contributed by atoms with van der Waals surface area (Å²) < 4.78 is 18.7. The Morgan fingerprint density at radius 1 is 1.05 bits per heavy atom. The Kier molecular flexibility index (Phi) is 2.50. The van der Waals surface area contributed by atoms with Gasteiger partial charge in [-0.1, -0.05) is 11.6 Å². The van der Waals surface area contributed by atoms with Gasteiger partial charge in [-0.2, -0.15) is 0 Å². The Morgan fingerprint density at radius 2 is 1.90 bits per heavy atom. The molecule has 0 bridgehead atoms. The maximum absolute atomic E-state index is 13.5. The van der Waals surface area contributed by atoms with Crippen LogP contribution in [-0.2, 0) is 0 Å². The first-order chi connectivity index (χ1) is 10.1. The van der Waals surface area contributed by atoms with Crippen molar-refractivity contribution in [3.05, 3.63) is 63.7 Å². The highest BCUT2D eigenvalue weighted by molar-refractivity contribution is 6.31. The zero-order chi connectivity index (χ0) is 14.6. The fraction of sp³-hybridized carbons (Fsp3) is 0. The molecule has 0 aliphatic carbocycles. The standard InChI is InChI=1S/C16H7ClFNO2/c17-9-1-3-13-8(5-9)6-12-15(19-13)11-7-10(18)2-4-14(11)21-16(12)20/h1-7H. The summed E-state index contributed by atoms with van der Waals surface area (Å²) in [5.41, 5.74) is 0.923. The van der Waals surface area contributed by atoms with Crippen molar-refractivity contribution in [2.24, 2.45) is 0 Å². The van der Waals surface area contributed by atoms with Gasteiger partial charge in [0.2, 0.25) is 0 Å². The molecule has 102 valence electrons. The fourth-order valence-electron chi connectivity index (χ4n) is 2.44. The van der Waals surface area contributed by atoms with Crippen molar-refractivity contribution in [2.75, 3.05) is 0 Å². The molecule has 0 saturated heterocycles. The lowest BCUT2D eigenvalue weighted by Crippen LogP contribution is -2.01. The van der Waals surface area contributed by atoms with E-state index >= 15 is 0 Å². The normalized spacial score (nSPS) is 11.5. The number of nitrogens with zero attached hydrogens (tertiary/aromatic N) is 1. The third kappa shape index (κ3) is 1.87. The molecule has 4 rings (SSSR count). The largest absolute Gasteiger partial charge is 0.422 e. The van der Waals surface area contributed by atoms with E-state index in [-0.39, 0.29) is 0 Å². The van der Waals surface area contributed by atoms with E-state index in [1.165, 1.54) is 18.2 Å². The van der Waals surface area contributed by atoms with Gasteiger partial charge in [0.25, 0.3) is 0 Å². The van der Waals surface area contributed by atoms with E-state index in [0.29, 0.717) is 32.4 Å². The molecule has 0 radical (unpaired) electrons. The summed E-state index contributed by atoms with van der Waals surface area (Å²) in [4.78, 5) is 16.5. The van der Waals surface area contributed by atoms with Gasteiger partial charge < -0.3 is 4.42 Å². The topological polar surface area (TPSA) is 43.1 Å². The molecular weight excluding hydrogens is 293 g/mol. The van der Waals surface area contributed by atoms with Crippen molar-refractivity contribution >= 4 is 44.4 Å². The highest BCUT2D eigenvalue weighted by Gasteiger charge is 2.11. The van der Waals surface area contributed by atoms with E-state index in [1.807, 2.05) is 0 Å². The van der Waals surface area contributed by atoms with Gasteiger partial charge in [0.05, 0.1) is 16.4 Å². The second-order valence-corrected chi connectivity index (χ2v) is 5.19. The summed E-state index contributed by atoms with van der Waals surface area (Å²) >= 11 is 5.95. The van der Waals surface area contributed by atoms with Crippen LogP contribution in [0.3, 0.4) is 0 Å². The first kappa shape index (κ1) is 12.3. The maximum atomic E-state index is 13.5. The van der Waals surface area contributed by atoms with E-state index in [1.54, 1.807) is 24.3 Å². The molecule has 0 amide bonds. The van der Waals surface area contributed by atoms with Crippen LogP contribution < -0.4 is 5.63 Å². The molecule has 0 spiro atoms. The highest BCUT2D eigenvalue weighted by atomic mass is 35.5. The summed E-state index contributed by atoms with van der Waals surface area (Å²) in [6.07, 6.45) is 0. The maximum Gasteiger partial charge on any atom is 0.345 e. The molecule has 4 aromatic rings. The van der Waals surface area contributed by atoms with Crippen LogP contribution in [0.15, 0.2) is 51.7 Å². The number of benzene rings is 2. The van der Waals surface area contributed by atoms with E-state index in [2.05, 4.69) is 4.98 Å². The van der Waals surface area contributed by atoms with Crippen LogP contribution in [0.25, 0.3) is 32.8 Å². The number of rotatable bonds is 0. The van der Waals surface area contributed by atoms with Gasteiger partial charge in [-0.15, -0.1) is 0 Å². The van der Waals surface area contributed by atoms with Crippen molar-refractivity contribution in [3.63, 3.8) is 0 Å². The molecule has 2 aromatic heterocycles. The molecule has 0 atom stereocenters. The lowest BCUT2D eigenvalue weighted by atomic mass is 10.1. The van der Waals surface area contributed by atoms with Crippen molar-refractivity contribution in [2.45, 2.75) is 0 Å². The minimum atomic E-state index is -0.501. The van der Waals surface area contributed by atoms with Crippen LogP contribution in [0.1, 0.15) is 0 Å². The van der Waals surface area contributed by atoms with Gasteiger partial charge >= 0.3 is 5.63 Å². The quantitative estimate of drug-likeness (QED) is 0.276. The summed E-state index contributed by atoms with van der Waals surface area (Å²) in [6, 6.07) is 10.9. The van der Waals surface area contributed by atoms with E-state index in [9.17, 15) is 9.18 Å². The Hall–Kier alpha value is -2.46. The van der Waals surface area contributed by atoms with Crippen molar-refractivity contribution in [3.8, 4) is 0 Å². The number of fused-ring (bicyclic) bond motifs is 4. The van der Waals surface area contributed by atoms with Crippen LogP contribution in [0, 0.1) is 5.82 Å². The smallest absolute Gasteiger partial charge is 0.345 e. The van der Waals surface area contributed by atoms with Crippen LogP contribution in [0.2, 0.25) is 5.02 Å². The van der Waals surface area contributed by atoms with E-state index in [4.69, 9.17) is 16.0 Å². The molecule has 5 heteroatoms. The van der Waals surface area contributed by atoms with Gasteiger partial charge in [0, 0.05) is 15.8 Å². The van der Waals surface area contributed by atoms with E-state index < -0.39 is 11.4 Å². The van der Waals surface area contributed by atoms with Gasteiger partial charge in [-0.05, 0) is 42.5 Å². The molecule has 21 heavy (non-hydrogen) atoms. The molecule has 2 heterocycles. The lowest BCUT2D eigenvalue weighted by Gasteiger charge is -2.04. The molecule has 0 aliphatic heterocycles. The average molecular weight is 300 g/mol. The zero-order valence-electron chi connectivity index (χ0n) is 10.6. The fourth-order valence-corrected chi connectivity index (χ4v) is 2.62. The number of aromatic nitrogens is 1. The third-order valence-corrected chi connectivity index (χ3v) is 3.63. The lowest BCUT2D eigenvalue weighted by molar-refractivity contribution is 0.567. The minimum absolute atomic E-state index is 0.308. The second kappa shape index (κ2) is 4.27. The molecule has 2 aromatic carbocycles. The minimum Gasteiger partial charge on any atom is -0.422 e. The number of hydrogen-bond donors (Lipinski definition) is 0. The van der Waals surface area contributed by atoms with Gasteiger partial charge in [0.15, 0.2) is 0 Å². The molecule has 0 N–H and O–H groups in total. The first-order valence-corrected chi connectivity index (χ1v) is 6.62. The molecule has 0 fully saturated rings. The van der Waals surface area contributed by atoms with Gasteiger partial charge in [0.1, 0.15) is 11.4 Å². The average Bonchev–Trinajstić information content (AvgIpc) is 2.47. The summed E-state index contributed by atoms with van der Waals surface area (Å²) in [5.74, 6) is -0.407. The van der Waals surface area contributed by atoms with Crippen molar-refractivity contribution < 1.29 is 8.81 Å². The van der Waals surface area contributed by atoms with Crippen LogP contribution in [0.4, 0.5) is 4.39 Å².